The second-order valence-corrected chi connectivity index (χ2v) is 3.66. The highest BCUT2D eigenvalue weighted by atomic mass is 16.6. The van der Waals surface area contributed by atoms with E-state index in [2.05, 4.69) is 4.74 Å². The van der Waals surface area contributed by atoms with Crippen LogP contribution in [0.15, 0.2) is 12.2 Å². The number of unbranched alkanes of at least 4 members (excludes halogenated alkanes) is 1. The Morgan fingerprint density at radius 2 is 1.45 bits per heavy atom. The molecular weight excluding hydrogens is 272 g/mol. The summed E-state index contributed by atoms with van der Waals surface area (Å²) in [6, 6.07) is 0. The molecular formula is C12H16O8. The number of esters is 2. The van der Waals surface area contributed by atoms with Gasteiger partial charge in [-0.3, -0.25) is 9.59 Å². The average Bonchev–Trinajstić information content (AvgIpc) is 2.37. The first-order valence-electron chi connectivity index (χ1n) is 5.87. The minimum atomic E-state index is -1.27. The molecule has 0 amide bonds. The molecule has 8 nitrogen and oxygen atoms in total. The molecule has 0 fully saturated rings. The predicted octanol–water partition coefficient (Wildman–Crippen LogP) is 0.359. The van der Waals surface area contributed by atoms with Crippen LogP contribution in [0.25, 0.3) is 0 Å². The Kier molecular flexibility index (Phi) is 9.28. The van der Waals surface area contributed by atoms with E-state index < -0.39 is 23.9 Å². The van der Waals surface area contributed by atoms with Gasteiger partial charge in [0, 0.05) is 25.0 Å². The molecule has 8 heteroatoms. The first kappa shape index (κ1) is 17.6. The summed E-state index contributed by atoms with van der Waals surface area (Å²) in [5.41, 5.74) is 0. The Hall–Kier alpha value is -2.38. The Morgan fingerprint density at radius 3 is 2.05 bits per heavy atom. The third kappa shape index (κ3) is 12.1. The molecule has 0 aromatic carbocycles. The maximum atomic E-state index is 11.1. The summed E-state index contributed by atoms with van der Waals surface area (Å²) in [7, 11) is 0. The molecule has 0 spiro atoms. The monoisotopic (exact) mass is 288 g/mol. The number of carboxylic acids is 2. The van der Waals surface area contributed by atoms with Gasteiger partial charge < -0.3 is 19.7 Å². The van der Waals surface area contributed by atoms with E-state index >= 15 is 0 Å². The highest BCUT2D eigenvalue weighted by Gasteiger charge is 2.05. The van der Waals surface area contributed by atoms with Crippen molar-refractivity contribution in [1.82, 2.24) is 0 Å². The zero-order valence-corrected chi connectivity index (χ0v) is 10.7. The topological polar surface area (TPSA) is 127 Å². The van der Waals surface area contributed by atoms with Gasteiger partial charge in [0.25, 0.3) is 0 Å². The fraction of sp³-hybridized carbons (Fsp3) is 0.500. The van der Waals surface area contributed by atoms with Crippen LogP contribution in [0.2, 0.25) is 0 Å². The fourth-order valence-corrected chi connectivity index (χ4v) is 1.10. The molecule has 0 aliphatic heterocycles. The second kappa shape index (κ2) is 10.5. The van der Waals surface area contributed by atoms with Gasteiger partial charge in [-0.25, -0.2) is 9.59 Å². The maximum absolute atomic E-state index is 11.1. The normalized spacial score (nSPS) is 10.2. The van der Waals surface area contributed by atoms with Crippen molar-refractivity contribution in [3.8, 4) is 0 Å². The molecule has 0 saturated heterocycles. The summed E-state index contributed by atoms with van der Waals surface area (Å²) in [6.07, 6.45) is 2.28. The summed E-state index contributed by atoms with van der Waals surface area (Å²) >= 11 is 0. The summed E-state index contributed by atoms with van der Waals surface area (Å²) in [6.45, 7) is -0.311. The predicted molar refractivity (Wildman–Crippen MR) is 64.8 cm³/mol. The highest BCUT2D eigenvalue weighted by molar-refractivity contribution is 5.90. The minimum Gasteiger partial charge on any atom is -0.481 e. The molecule has 0 aliphatic carbocycles. The number of hydrogen-bond acceptors (Lipinski definition) is 6. The van der Waals surface area contributed by atoms with Gasteiger partial charge in [-0.1, -0.05) is 0 Å². The van der Waals surface area contributed by atoms with E-state index in [1.807, 2.05) is 0 Å². The van der Waals surface area contributed by atoms with Crippen LogP contribution in [0.3, 0.4) is 0 Å². The minimum absolute atomic E-state index is 0.000799. The van der Waals surface area contributed by atoms with Crippen LogP contribution in [0, 0.1) is 0 Å². The molecule has 0 aliphatic rings. The molecule has 0 atom stereocenters. The lowest BCUT2D eigenvalue weighted by Gasteiger charge is -2.04. The van der Waals surface area contributed by atoms with E-state index in [1.165, 1.54) is 0 Å². The number of carboxylic acid groups (broad SMARTS) is 2. The molecule has 20 heavy (non-hydrogen) atoms. The van der Waals surface area contributed by atoms with Crippen molar-refractivity contribution in [2.75, 3.05) is 13.2 Å². The summed E-state index contributed by atoms with van der Waals surface area (Å²) in [5.74, 6) is -3.54. The summed E-state index contributed by atoms with van der Waals surface area (Å²) in [5, 5.41) is 16.6. The van der Waals surface area contributed by atoms with Gasteiger partial charge in [0.1, 0.15) is 13.2 Å². The van der Waals surface area contributed by atoms with Crippen LogP contribution in [0.5, 0.6) is 0 Å². The van der Waals surface area contributed by atoms with E-state index in [0.29, 0.717) is 18.9 Å². The molecule has 0 heterocycles. The Balaban J connectivity index is 3.54. The second-order valence-electron chi connectivity index (χ2n) is 3.66. The average molecular weight is 288 g/mol. The lowest BCUT2D eigenvalue weighted by atomic mass is 10.2. The van der Waals surface area contributed by atoms with E-state index in [0.717, 1.165) is 6.08 Å². The number of ether oxygens (including phenoxy) is 2. The van der Waals surface area contributed by atoms with Crippen LogP contribution in [0.1, 0.15) is 25.7 Å². The lowest BCUT2D eigenvalue weighted by Crippen LogP contribution is -2.13. The smallest absolute Gasteiger partial charge is 0.331 e. The quantitative estimate of drug-likeness (QED) is 0.335. The number of rotatable bonds is 10. The van der Waals surface area contributed by atoms with Gasteiger partial charge in [-0.2, -0.15) is 0 Å². The van der Waals surface area contributed by atoms with Crippen molar-refractivity contribution in [1.29, 1.82) is 0 Å². The third-order valence-electron chi connectivity index (χ3n) is 1.97. The molecule has 2 N–H and O–H groups in total. The molecule has 0 aromatic rings. The van der Waals surface area contributed by atoms with E-state index in [1.54, 1.807) is 0 Å². The van der Waals surface area contributed by atoms with E-state index in [-0.39, 0.29) is 26.1 Å². The van der Waals surface area contributed by atoms with E-state index in [4.69, 9.17) is 14.9 Å². The zero-order chi connectivity index (χ0) is 15.4. The van der Waals surface area contributed by atoms with Gasteiger partial charge in [-0.15, -0.1) is 0 Å². The molecule has 0 rings (SSSR count). The van der Waals surface area contributed by atoms with Gasteiger partial charge in [0.05, 0.1) is 0 Å². The summed E-state index contributed by atoms with van der Waals surface area (Å²) < 4.78 is 9.28. The van der Waals surface area contributed by atoms with Crippen LogP contribution < -0.4 is 0 Å². The van der Waals surface area contributed by atoms with Crippen molar-refractivity contribution in [2.24, 2.45) is 0 Å². The standard InChI is InChI=1S/C12H16O8/c13-9(14)3-1-2-4-11(17)19-7-8-20-12(18)6-5-10(15)16/h5-6H,1-4,7-8H2,(H,13,14)(H,15,16). The van der Waals surface area contributed by atoms with Crippen molar-refractivity contribution in [3.63, 3.8) is 0 Å². The fourth-order valence-electron chi connectivity index (χ4n) is 1.10. The van der Waals surface area contributed by atoms with Crippen molar-refractivity contribution < 1.29 is 38.9 Å². The van der Waals surface area contributed by atoms with E-state index in [9.17, 15) is 19.2 Å². The SMILES string of the molecule is O=C(O)C=CC(=O)OCCOC(=O)CCCCC(=O)O. The molecule has 112 valence electrons. The lowest BCUT2D eigenvalue weighted by molar-refractivity contribution is -0.149. The Morgan fingerprint density at radius 1 is 0.850 bits per heavy atom. The number of carbonyl (C=O) groups is 4. The van der Waals surface area contributed by atoms with Crippen LogP contribution in [0.4, 0.5) is 0 Å². The van der Waals surface area contributed by atoms with Gasteiger partial charge in [0.15, 0.2) is 0 Å². The van der Waals surface area contributed by atoms with Gasteiger partial charge >= 0.3 is 23.9 Å². The highest BCUT2D eigenvalue weighted by Crippen LogP contribution is 2.01. The zero-order valence-electron chi connectivity index (χ0n) is 10.7. The van der Waals surface area contributed by atoms with Crippen LogP contribution in [-0.4, -0.2) is 47.3 Å². The van der Waals surface area contributed by atoms with Crippen molar-refractivity contribution >= 4 is 23.9 Å². The largest absolute Gasteiger partial charge is 0.481 e. The first-order chi connectivity index (χ1) is 9.41. The van der Waals surface area contributed by atoms with Crippen LogP contribution >= 0.6 is 0 Å². The van der Waals surface area contributed by atoms with Gasteiger partial charge in [-0.05, 0) is 12.8 Å². The molecule has 0 saturated carbocycles. The molecule has 0 unspecified atom stereocenters. The molecule has 0 radical (unpaired) electrons. The van der Waals surface area contributed by atoms with Crippen molar-refractivity contribution in [3.05, 3.63) is 12.2 Å². The third-order valence-corrected chi connectivity index (χ3v) is 1.97. The molecule has 0 bridgehead atoms. The number of hydrogen-bond donors (Lipinski definition) is 2. The maximum Gasteiger partial charge on any atom is 0.331 e. The van der Waals surface area contributed by atoms with Crippen LogP contribution in [-0.2, 0) is 28.7 Å². The Bertz CT molecular complexity index is 385. The summed E-state index contributed by atoms with van der Waals surface area (Å²) in [4.78, 5) is 42.3. The van der Waals surface area contributed by atoms with Gasteiger partial charge in [0.2, 0.25) is 0 Å². The Labute approximate surface area is 115 Å². The number of aliphatic carboxylic acids is 2. The van der Waals surface area contributed by atoms with Crippen molar-refractivity contribution in [2.45, 2.75) is 25.7 Å². The molecule has 0 aromatic heterocycles. The first-order valence-corrected chi connectivity index (χ1v) is 5.87. The number of carbonyl (C=O) groups excluding carboxylic acids is 2.